The van der Waals surface area contributed by atoms with Crippen LogP contribution in [-0.2, 0) is 28.7 Å². The molecule has 1 atom stereocenters. The van der Waals surface area contributed by atoms with Gasteiger partial charge < -0.3 is 26.0 Å². The van der Waals surface area contributed by atoms with Gasteiger partial charge in [-0.05, 0) is 6.42 Å². The molecule has 1 unspecified atom stereocenters. The van der Waals surface area contributed by atoms with E-state index in [4.69, 9.17) is 4.74 Å². The lowest BCUT2D eigenvalue weighted by atomic mass is 10.2. The Morgan fingerprint density at radius 1 is 0.870 bits per heavy atom. The molecule has 0 radical (unpaired) electrons. The number of amides is 4. The average Bonchev–Trinajstić information content (AvgIpc) is 2.52. The van der Waals surface area contributed by atoms with Gasteiger partial charge in [-0.15, -0.1) is 0 Å². The summed E-state index contributed by atoms with van der Waals surface area (Å²) in [7, 11) is 0. The summed E-state index contributed by atoms with van der Waals surface area (Å²) < 4.78 is 4.91. The second kappa shape index (κ2) is 9.38. The third-order valence-corrected chi connectivity index (χ3v) is 2.94. The lowest BCUT2D eigenvalue weighted by Gasteiger charge is -2.16. The smallest absolute Gasteiger partial charge is 0.328 e. The molecule has 4 N–H and O–H groups in total. The third-order valence-electron chi connectivity index (χ3n) is 2.94. The van der Waals surface area contributed by atoms with Crippen LogP contribution in [0.3, 0.4) is 0 Å². The van der Waals surface area contributed by atoms with Crippen molar-refractivity contribution in [2.24, 2.45) is 0 Å². The lowest BCUT2D eigenvalue weighted by Crippen LogP contribution is -2.48. The van der Waals surface area contributed by atoms with E-state index in [9.17, 15) is 24.0 Å². The molecule has 0 aromatic carbocycles. The van der Waals surface area contributed by atoms with Crippen LogP contribution in [0.15, 0.2) is 0 Å². The number of ether oxygens (including phenoxy) is 1. The van der Waals surface area contributed by atoms with Gasteiger partial charge in [0.15, 0.2) is 0 Å². The van der Waals surface area contributed by atoms with Crippen molar-refractivity contribution < 1.29 is 28.7 Å². The van der Waals surface area contributed by atoms with Gasteiger partial charge in [-0.1, -0.05) is 6.92 Å². The zero-order valence-corrected chi connectivity index (χ0v) is 12.8. The molecule has 1 saturated heterocycles. The minimum atomic E-state index is -0.852. The predicted octanol–water partition coefficient (Wildman–Crippen LogP) is -2.82. The summed E-state index contributed by atoms with van der Waals surface area (Å²) in [5, 5.41) is 9.35. The molecule has 1 aliphatic rings. The van der Waals surface area contributed by atoms with Crippen LogP contribution in [0.25, 0.3) is 0 Å². The van der Waals surface area contributed by atoms with Crippen molar-refractivity contribution in [3.63, 3.8) is 0 Å². The quantitative estimate of drug-likeness (QED) is 0.382. The summed E-state index contributed by atoms with van der Waals surface area (Å²) in [6.45, 7) is 0.593. The Morgan fingerprint density at radius 3 is 1.96 bits per heavy atom. The molecule has 0 aromatic rings. The fourth-order valence-electron chi connectivity index (χ4n) is 1.67. The molecule has 10 heteroatoms. The summed E-state index contributed by atoms with van der Waals surface area (Å²) in [6, 6.07) is -0.852. The summed E-state index contributed by atoms with van der Waals surface area (Å²) in [6.07, 6.45) is 0.199. The maximum atomic E-state index is 11.8. The van der Waals surface area contributed by atoms with E-state index in [1.165, 1.54) is 0 Å². The van der Waals surface area contributed by atoms with E-state index in [-0.39, 0.29) is 32.7 Å². The molecule has 128 valence electrons. The Labute approximate surface area is 132 Å². The number of cyclic esters (lactones) is 1. The fraction of sp³-hybridized carbons (Fsp3) is 0.615. The second-order valence-corrected chi connectivity index (χ2v) is 4.78. The van der Waals surface area contributed by atoms with Gasteiger partial charge in [-0.25, -0.2) is 4.79 Å². The van der Waals surface area contributed by atoms with Gasteiger partial charge in [-0.2, -0.15) is 0 Å². The van der Waals surface area contributed by atoms with Crippen LogP contribution in [-0.4, -0.2) is 61.9 Å². The minimum absolute atomic E-state index is 0.107. The van der Waals surface area contributed by atoms with Crippen LogP contribution in [0.5, 0.6) is 0 Å². The Bertz CT molecular complexity index is 493. The first-order valence-electron chi connectivity index (χ1n) is 7.18. The first kappa shape index (κ1) is 18.4. The zero-order chi connectivity index (χ0) is 17.2. The Morgan fingerprint density at radius 2 is 1.39 bits per heavy atom. The van der Waals surface area contributed by atoms with Crippen LogP contribution >= 0.6 is 0 Å². The minimum Gasteiger partial charge on any atom is -0.464 e. The van der Waals surface area contributed by atoms with E-state index in [1.807, 2.05) is 0 Å². The SMILES string of the molecule is CCC1NC(=O)CNC(=O)CNC(=O)CNC(=O)CCOC1=O. The lowest BCUT2D eigenvalue weighted by molar-refractivity contribution is -0.148. The van der Waals surface area contributed by atoms with Crippen LogP contribution in [0.2, 0.25) is 0 Å². The van der Waals surface area contributed by atoms with Gasteiger partial charge in [0.05, 0.1) is 26.1 Å². The predicted molar refractivity (Wildman–Crippen MR) is 76.8 cm³/mol. The first-order valence-corrected chi connectivity index (χ1v) is 7.18. The molecular formula is C13H20N4O6. The summed E-state index contributed by atoms with van der Waals surface area (Å²) in [5.41, 5.74) is 0. The largest absolute Gasteiger partial charge is 0.464 e. The van der Waals surface area contributed by atoms with Crippen molar-refractivity contribution in [2.45, 2.75) is 25.8 Å². The van der Waals surface area contributed by atoms with Crippen LogP contribution in [0, 0.1) is 0 Å². The highest BCUT2D eigenvalue weighted by molar-refractivity contribution is 5.91. The maximum Gasteiger partial charge on any atom is 0.328 e. The number of carbonyl (C=O) groups excluding carboxylic acids is 5. The molecule has 1 rings (SSSR count). The molecule has 1 heterocycles. The molecule has 0 spiro atoms. The van der Waals surface area contributed by atoms with Gasteiger partial charge in [0.1, 0.15) is 12.6 Å². The highest BCUT2D eigenvalue weighted by atomic mass is 16.5. The molecule has 1 aliphatic heterocycles. The van der Waals surface area contributed by atoms with Gasteiger partial charge >= 0.3 is 5.97 Å². The number of rotatable bonds is 1. The Hall–Kier alpha value is -2.65. The van der Waals surface area contributed by atoms with Crippen LogP contribution < -0.4 is 21.3 Å². The van der Waals surface area contributed by atoms with Crippen molar-refractivity contribution in [1.82, 2.24) is 21.3 Å². The summed E-state index contributed by atoms with van der Waals surface area (Å²) in [5.74, 6) is -2.81. The highest BCUT2D eigenvalue weighted by Gasteiger charge is 2.21. The van der Waals surface area contributed by atoms with Crippen LogP contribution in [0.1, 0.15) is 19.8 Å². The zero-order valence-electron chi connectivity index (χ0n) is 12.8. The number of esters is 1. The molecule has 0 bridgehead atoms. The fourth-order valence-corrected chi connectivity index (χ4v) is 1.67. The molecule has 1 fully saturated rings. The van der Waals surface area contributed by atoms with Crippen molar-refractivity contribution in [3.8, 4) is 0 Å². The number of hydrogen-bond donors (Lipinski definition) is 4. The van der Waals surface area contributed by atoms with Gasteiger partial charge in [-0.3, -0.25) is 19.2 Å². The second-order valence-electron chi connectivity index (χ2n) is 4.78. The molecule has 10 nitrogen and oxygen atoms in total. The first-order chi connectivity index (χ1) is 10.9. The molecule has 4 amide bonds. The van der Waals surface area contributed by atoms with Gasteiger partial charge in [0, 0.05) is 0 Å². The maximum absolute atomic E-state index is 11.8. The van der Waals surface area contributed by atoms with Crippen LogP contribution in [0.4, 0.5) is 0 Å². The summed E-state index contributed by atoms with van der Waals surface area (Å²) in [4.78, 5) is 57.8. The van der Waals surface area contributed by atoms with E-state index < -0.39 is 35.6 Å². The topological polar surface area (TPSA) is 143 Å². The van der Waals surface area contributed by atoms with Crippen molar-refractivity contribution >= 4 is 29.6 Å². The number of nitrogens with one attached hydrogen (secondary N) is 4. The summed E-state index contributed by atoms with van der Waals surface area (Å²) >= 11 is 0. The third kappa shape index (κ3) is 7.25. The molecule has 0 aliphatic carbocycles. The highest BCUT2D eigenvalue weighted by Crippen LogP contribution is 1.96. The molecule has 23 heavy (non-hydrogen) atoms. The van der Waals surface area contributed by atoms with Gasteiger partial charge in [0.2, 0.25) is 23.6 Å². The van der Waals surface area contributed by atoms with E-state index in [2.05, 4.69) is 21.3 Å². The van der Waals surface area contributed by atoms with Crippen molar-refractivity contribution in [3.05, 3.63) is 0 Å². The van der Waals surface area contributed by atoms with Crippen molar-refractivity contribution in [1.29, 1.82) is 0 Å². The van der Waals surface area contributed by atoms with E-state index in [0.29, 0.717) is 6.42 Å². The van der Waals surface area contributed by atoms with Gasteiger partial charge in [0.25, 0.3) is 0 Å². The number of hydrogen-bond acceptors (Lipinski definition) is 6. The van der Waals surface area contributed by atoms with Crippen molar-refractivity contribution in [2.75, 3.05) is 26.2 Å². The standard InChI is InChI=1S/C13H20N4O6/c1-2-8-13(22)23-4-3-9(18)14-5-10(19)15-6-11(20)16-7-12(21)17-8/h8H,2-7H2,1H3,(H,14,18)(H,15,19)(H,16,20)(H,17,21). The number of carbonyl (C=O) groups is 5. The Balaban J connectivity index is 2.67. The molecule has 0 aromatic heterocycles. The van der Waals surface area contributed by atoms with E-state index in [1.54, 1.807) is 6.92 Å². The monoisotopic (exact) mass is 328 g/mol. The molecule has 0 saturated carbocycles. The van der Waals surface area contributed by atoms with E-state index >= 15 is 0 Å². The molecular weight excluding hydrogens is 308 g/mol. The van der Waals surface area contributed by atoms with E-state index in [0.717, 1.165) is 0 Å². The average molecular weight is 328 g/mol. The Kier molecular flexibility index (Phi) is 7.51. The normalized spacial score (nSPS) is 22.3.